The summed E-state index contributed by atoms with van der Waals surface area (Å²) in [5, 5.41) is 6.21. The van der Waals surface area contributed by atoms with Gasteiger partial charge in [0.05, 0.1) is 34.6 Å². The molecule has 4 amide bonds. The molecule has 0 bridgehead atoms. The summed E-state index contributed by atoms with van der Waals surface area (Å²) in [4.78, 5) is 74.6. The molecule has 2 N–H and O–H groups in total. The minimum atomic E-state index is -0.748. The van der Waals surface area contributed by atoms with E-state index in [1.807, 2.05) is 40.3 Å². The number of piperidine rings is 2. The molecule has 1 spiro atoms. The average molecular weight is 914 g/mol. The first-order chi connectivity index (χ1) is 32.3. The van der Waals surface area contributed by atoms with Crippen molar-refractivity contribution in [2.45, 2.75) is 148 Å². The van der Waals surface area contributed by atoms with Crippen LogP contribution in [0.4, 0.5) is 21.6 Å². The number of halogens is 1. The normalized spacial score (nSPS) is 23.4. The minimum absolute atomic E-state index is 0.0328. The van der Waals surface area contributed by atoms with Gasteiger partial charge in [0.1, 0.15) is 11.3 Å². The van der Waals surface area contributed by atoms with Crippen molar-refractivity contribution in [3.05, 3.63) is 65.2 Å². The van der Waals surface area contributed by atoms with Crippen molar-refractivity contribution in [1.29, 1.82) is 0 Å². The monoisotopic (exact) mass is 914 g/mol. The summed E-state index contributed by atoms with van der Waals surface area (Å²) in [7, 11) is 0. The van der Waals surface area contributed by atoms with E-state index in [0.29, 0.717) is 85.2 Å². The molecule has 0 unspecified atom stereocenters. The van der Waals surface area contributed by atoms with Gasteiger partial charge in [0, 0.05) is 73.1 Å². The van der Waals surface area contributed by atoms with Crippen molar-refractivity contribution < 1.29 is 23.6 Å². The second kappa shape index (κ2) is 18.3. The number of aryl methyl sites for hydroxylation is 1. The highest BCUT2D eigenvalue weighted by atomic mass is 19.1. The molecule has 2 aromatic heterocycles. The fourth-order valence-corrected chi connectivity index (χ4v) is 12.3. The molecule has 2 aliphatic carbocycles. The van der Waals surface area contributed by atoms with Gasteiger partial charge in [-0.2, -0.15) is 0 Å². The van der Waals surface area contributed by atoms with E-state index in [-0.39, 0.29) is 59.3 Å². The van der Waals surface area contributed by atoms with Crippen molar-refractivity contribution in [1.82, 2.24) is 34.6 Å². The van der Waals surface area contributed by atoms with E-state index in [1.165, 1.54) is 31.7 Å². The number of fused-ring (bicyclic) bond motifs is 3. The number of rotatable bonds is 10. The third-order valence-corrected chi connectivity index (χ3v) is 16.1. The molecule has 1 atom stereocenters. The second-order valence-corrected chi connectivity index (χ2v) is 21.2. The Balaban J connectivity index is 0.954. The predicted octanol–water partition coefficient (Wildman–Crippen LogP) is 8.66. The zero-order valence-electron chi connectivity index (χ0n) is 40.1. The molecule has 10 rings (SSSR count). The molecule has 4 aromatic rings. The van der Waals surface area contributed by atoms with E-state index in [0.717, 1.165) is 68.4 Å². The van der Waals surface area contributed by atoms with E-state index < -0.39 is 11.2 Å². The Bertz CT molecular complexity index is 2560. The van der Waals surface area contributed by atoms with Crippen LogP contribution >= 0.6 is 0 Å². The van der Waals surface area contributed by atoms with Crippen LogP contribution in [0.25, 0.3) is 22.3 Å². The van der Waals surface area contributed by atoms with Gasteiger partial charge in [0.15, 0.2) is 5.82 Å². The van der Waals surface area contributed by atoms with Crippen molar-refractivity contribution in [2.24, 2.45) is 11.8 Å². The highest BCUT2D eigenvalue weighted by Gasteiger charge is 2.56. The number of anilines is 3. The van der Waals surface area contributed by atoms with Crippen molar-refractivity contribution in [3.63, 3.8) is 0 Å². The highest BCUT2D eigenvalue weighted by molar-refractivity contribution is 6.09. The quantitative estimate of drug-likeness (QED) is 0.162. The molecule has 2 aromatic carbocycles. The van der Waals surface area contributed by atoms with Crippen LogP contribution < -0.4 is 15.5 Å². The topological polar surface area (TPSA) is 136 Å². The first-order valence-corrected chi connectivity index (χ1v) is 25.4. The number of aromatic nitrogens is 3. The number of nitrogens with one attached hydrogen (secondary N) is 2. The van der Waals surface area contributed by atoms with Gasteiger partial charge in [0.2, 0.25) is 17.7 Å². The van der Waals surface area contributed by atoms with E-state index in [4.69, 9.17) is 9.97 Å². The molecule has 3 saturated heterocycles. The number of pyridine rings is 1. The zero-order valence-corrected chi connectivity index (χ0v) is 40.1. The second-order valence-electron chi connectivity index (χ2n) is 21.2. The average Bonchev–Trinajstić information content (AvgIpc) is 4.04. The molecular formula is C53H68FN9O4. The van der Waals surface area contributed by atoms with Gasteiger partial charge in [-0.1, -0.05) is 37.8 Å². The summed E-state index contributed by atoms with van der Waals surface area (Å²) >= 11 is 0. The summed E-state index contributed by atoms with van der Waals surface area (Å²) in [5.74, 6) is 0.00580. The maximum absolute atomic E-state index is 15.9. The fraction of sp³-hybridized carbons (Fsp3) is 0.585. The Kier molecular flexibility index (Phi) is 12.4. The summed E-state index contributed by atoms with van der Waals surface area (Å²) in [6.45, 7) is 14.0. The summed E-state index contributed by atoms with van der Waals surface area (Å²) in [6.07, 6.45) is 14.5. The number of imidazole rings is 1. The van der Waals surface area contributed by atoms with Crippen molar-refractivity contribution in [3.8, 4) is 11.3 Å². The molecule has 14 heteroatoms. The van der Waals surface area contributed by atoms with Gasteiger partial charge in [-0.3, -0.25) is 19.2 Å². The maximum atomic E-state index is 15.9. The van der Waals surface area contributed by atoms with Gasteiger partial charge in [-0.05, 0) is 141 Å². The van der Waals surface area contributed by atoms with Gasteiger partial charge in [0.25, 0.3) is 5.91 Å². The Labute approximate surface area is 394 Å². The predicted molar refractivity (Wildman–Crippen MR) is 259 cm³/mol. The minimum Gasteiger partial charge on any atom is -0.350 e. The first-order valence-electron chi connectivity index (χ1n) is 25.4. The lowest BCUT2D eigenvalue weighted by atomic mass is 9.73. The third-order valence-electron chi connectivity index (χ3n) is 16.1. The molecule has 6 aliphatic rings. The Morgan fingerprint density at radius 3 is 2.24 bits per heavy atom. The molecule has 13 nitrogen and oxygen atoms in total. The maximum Gasteiger partial charge on any atom is 0.251 e. The number of amides is 4. The van der Waals surface area contributed by atoms with Crippen LogP contribution in [0, 0.1) is 24.6 Å². The largest absolute Gasteiger partial charge is 0.350 e. The van der Waals surface area contributed by atoms with Crippen molar-refractivity contribution in [2.75, 3.05) is 49.5 Å². The standard InChI is InChI=1S/C53H68FN9O4/c1-32(2)56-49(64)40-28-44(42(54)24-34(40)5)58-48-47-45(55-31-62(47)33(3)4)29-43(57-48)36-14-15-41-46(25-36)63(39-26-38(27-39)59-19-10-7-11-20-59)52(67)53(41)17-22-60(23-18-53)51(66)37-16-21-61(30-37)50(65)35-12-8-6-9-13-35/h14-15,24-25,28-29,31-33,35,37-39H,6-13,16-23,26-27,30H2,1-5H3,(H,56,64)(H,57,58)/t37-,38-,39+/m0/s1. The summed E-state index contributed by atoms with van der Waals surface area (Å²) < 4.78 is 17.9. The zero-order chi connectivity index (χ0) is 46.7. The van der Waals surface area contributed by atoms with Crippen LogP contribution in [-0.4, -0.2) is 110 Å². The molecule has 5 fully saturated rings. The van der Waals surface area contributed by atoms with E-state index in [9.17, 15) is 14.4 Å². The summed E-state index contributed by atoms with van der Waals surface area (Å²) in [5.41, 5.74) is 5.04. The van der Waals surface area contributed by atoms with Crippen LogP contribution in [0.1, 0.15) is 139 Å². The van der Waals surface area contributed by atoms with Crippen LogP contribution in [0.3, 0.4) is 0 Å². The lowest BCUT2D eigenvalue weighted by Crippen LogP contribution is -2.58. The highest BCUT2D eigenvalue weighted by Crippen LogP contribution is 2.52. The van der Waals surface area contributed by atoms with Gasteiger partial charge in [-0.15, -0.1) is 0 Å². The Morgan fingerprint density at radius 1 is 0.806 bits per heavy atom. The number of carbonyl (C=O) groups is 4. The molecular weight excluding hydrogens is 846 g/mol. The number of nitrogens with zero attached hydrogens (tertiary/aromatic N) is 7. The number of likely N-dealkylation sites (tertiary alicyclic amines) is 3. The molecule has 356 valence electrons. The summed E-state index contributed by atoms with van der Waals surface area (Å²) in [6, 6.07) is 11.6. The van der Waals surface area contributed by atoms with Crippen molar-refractivity contribution >= 4 is 51.9 Å². The fourth-order valence-electron chi connectivity index (χ4n) is 12.3. The van der Waals surface area contributed by atoms with Gasteiger partial charge in [-0.25, -0.2) is 14.4 Å². The third kappa shape index (κ3) is 8.39. The molecule has 67 heavy (non-hydrogen) atoms. The number of carbonyl (C=O) groups excluding carboxylic acids is 4. The molecule has 0 radical (unpaired) electrons. The van der Waals surface area contributed by atoms with Crippen LogP contribution in [0.15, 0.2) is 42.7 Å². The SMILES string of the molecule is Cc1cc(F)c(Nc2nc(-c3ccc4c(c3)N([C@H]3C[C@@H](N5CCCCC5)C3)C(=O)C43CCN(C(=O)[C@H]4CCN(C(=O)C5CCCCC5)C4)CC3)cc3ncn(C(C)C)c23)cc1C(=O)NC(C)C. The lowest BCUT2D eigenvalue weighted by Gasteiger charge is -2.48. The molecule has 6 heterocycles. The molecule has 2 saturated carbocycles. The number of benzene rings is 2. The van der Waals surface area contributed by atoms with Crippen LogP contribution in [0.5, 0.6) is 0 Å². The Hall–Kier alpha value is -5.37. The smallest absolute Gasteiger partial charge is 0.251 e. The number of hydrogen-bond acceptors (Lipinski definition) is 8. The van der Waals surface area contributed by atoms with Gasteiger partial charge < -0.3 is 34.8 Å². The van der Waals surface area contributed by atoms with E-state index in [1.54, 1.807) is 19.3 Å². The van der Waals surface area contributed by atoms with Gasteiger partial charge >= 0.3 is 0 Å². The van der Waals surface area contributed by atoms with E-state index in [2.05, 4.69) is 46.4 Å². The first kappa shape index (κ1) is 45.4. The van der Waals surface area contributed by atoms with Crippen LogP contribution in [-0.2, 0) is 19.8 Å². The number of hydrogen-bond donors (Lipinski definition) is 2. The molecule has 4 aliphatic heterocycles. The Morgan fingerprint density at radius 2 is 1.52 bits per heavy atom. The van der Waals surface area contributed by atoms with E-state index >= 15 is 9.18 Å². The lowest BCUT2D eigenvalue weighted by molar-refractivity contribution is -0.140. The van der Waals surface area contributed by atoms with Crippen LogP contribution in [0.2, 0.25) is 0 Å².